The summed E-state index contributed by atoms with van der Waals surface area (Å²) in [5.41, 5.74) is 6.37. The van der Waals surface area contributed by atoms with E-state index in [0.717, 1.165) is 24.3 Å². The minimum Gasteiger partial charge on any atom is -0.457 e. The Kier molecular flexibility index (Phi) is 3.77. The van der Waals surface area contributed by atoms with Gasteiger partial charge in [0.15, 0.2) is 0 Å². The van der Waals surface area contributed by atoms with Crippen LogP contribution in [0.2, 0.25) is 0 Å². The number of ether oxygens (including phenoxy) is 1. The third kappa shape index (κ3) is 3.34. The minimum absolute atomic E-state index is 0.200. The second-order valence-corrected chi connectivity index (χ2v) is 5.36. The third-order valence-corrected chi connectivity index (χ3v) is 3.79. The van der Waals surface area contributed by atoms with Gasteiger partial charge in [0, 0.05) is 6.04 Å². The second-order valence-electron chi connectivity index (χ2n) is 5.36. The molecule has 0 aliphatic heterocycles. The van der Waals surface area contributed by atoms with E-state index in [-0.39, 0.29) is 6.04 Å². The van der Waals surface area contributed by atoms with E-state index >= 15 is 0 Å². The van der Waals surface area contributed by atoms with Gasteiger partial charge in [0.2, 0.25) is 0 Å². The molecule has 1 aliphatic rings. The van der Waals surface area contributed by atoms with Crippen molar-refractivity contribution in [3.05, 3.63) is 60.2 Å². The average molecular weight is 282 g/mol. The van der Waals surface area contributed by atoms with Crippen molar-refractivity contribution in [3.8, 4) is 11.5 Å². The number of nitrogens with one attached hydrogen (secondary N) is 1. The minimum atomic E-state index is -0.445. The molecule has 1 fully saturated rings. The van der Waals surface area contributed by atoms with Crippen molar-refractivity contribution in [2.24, 2.45) is 5.73 Å². The first-order chi connectivity index (χ1) is 10.2. The first-order valence-corrected chi connectivity index (χ1v) is 7.09. The number of hydrogen-bond acceptors (Lipinski definition) is 2. The molecule has 0 radical (unpaired) electrons. The highest BCUT2D eigenvalue weighted by Gasteiger charge is 2.31. The number of carbonyl (C=O) groups is 1. The summed E-state index contributed by atoms with van der Waals surface area (Å²) in [7, 11) is 0. The Morgan fingerprint density at radius 2 is 1.76 bits per heavy atom. The van der Waals surface area contributed by atoms with Gasteiger partial charge < -0.3 is 15.8 Å². The highest BCUT2D eigenvalue weighted by molar-refractivity contribution is 5.72. The zero-order chi connectivity index (χ0) is 14.7. The molecule has 108 valence electrons. The molecule has 0 bridgehead atoms. The van der Waals surface area contributed by atoms with Crippen LogP contribution in [0.4, 0.5) is 4.79 Å². The maximum atomic E-state index is 10.8. The zero-order valence-electron chi connectivity index (χ0n) is 11.7. The van der Waals surface area contributed by atoms with Gasteiger partial charge in [-0.25, -0.2) is 4.79 Å². The predicted molar refractivity (Wildman–Crippen MR) is 81.4 cm³/mol. The number of benzene rings is 2. The molecular formula is C17H18N2O2. The summed E-state index contributed by atoms with van der Waals surface area (Å²) in [6.45, 7) is 0. The van der Waals surface area contributed by atoms with Gasteiger partial charge in [-0.15, -0.1) is 0 Å². The number of amides is 2. The van der Waals surface area contributed by atoms with Crippen molar-refractivity contribution in [2.75, 3.05) is 0 Å². The predicted octanol–water partition coefficient (Wildman–Crippen LogP) is 3.39. The van der Waals surface area contributed by atoms with Gasteiger partial charge in [0.05, 0.1) is 0 Å². The van der Waals surface area contributed by atoms with E-state index in [4.69, 9.17) is 10.5 Å². The SMILES string of the molecule is NC(=O)NC1CC(c2cccc(Oc3ccccc3)c2)C1. The topological polar surface area (TPSA) is 64.4 Å². The molecule has 0 atom stereocenters. The van der Waals surface area contributed by atoms with E-state index in [1.165, 1.54) is 5.56 Å². The Morgan fingerprint density at radius 1 is 1.05 bits per heavy atom. The number of hydrogen-bond donors (Lipinski definition) is 2. The summed E-state index contributed by atoms with van der Waals surface area (Å²) in [5, 5.41) is 2.74. The van der Waals surface area contributed by atoms with Crippen molar-refractivity contribution >= 4 is 6.03 Å². The largest absolute Gasteiger partial charge is 0.457 e. The quantitative estimate of drug-likeness (QED) is 0.902. The number of primary amides is 1. The highest BCUT2D eigenvalue weighted by atomic mass is 16.5. The van der Waals surface area contributed by atoms with Crippen molar-refractivity contribution in [1.29, 1.82) is 0 Å². The second kappa shape index (κ2) is 5.87. The van der Waals surface area contributed by atoms with Crippen LogP contribution in [0.3, 0.4) is 0 Å². The third-order valence-electron chi connectivity index (χ3n) is 3.79. The Hall–Kier alpha value is -2.49. The van der Waals surface area contributed by atoms with Crippen LogP contribution in [0.15, 0.2) is 54.6 Å². The lowest BCUT2D eigenvalue weighted by molar-refractivity contribution is 0.230. The van der Waals surface area contributed by atoms with Crippen LogP contribution in [-0.4, -0.2) is 12.1 Å². The fraction of sp³-hybridized carbons (Fsp3) is 0.235. The van der Waals surface area contributed by atoms with Crippen molar-refractivity contribution in [1.82, 2.24) is 5.32 Å². The van der Waals surface area contributed by atoms with Gasteiger partial charge in [-0.2, -0.15) is 0 Å². The molecule has 3 rings (SSSR count). The van der Waals surface area contributed by atoms with Gasteiger partial charge in [-0.05, 0) is 48.6 Å². The number of urea groups is 1. The number of carbonyl (C=O) groups excluding carboxylic acids is 1. The zero-order valence-corrected chi connectivity index (χ0v) is 11.7. The van der Waals surface area contributed by atoms with Gasteiger partial charge in [0.25, 0.3) is 0 Å². The van der Waals surface area contributed by atoms with Gasteiger partial charge in [-0.3, -0.25) is 0 Å². The first kappa shape index (κ1) is 13.5. The summed E-state index contributed by atoms with van der Waals surface area (Å²) >= 11 is 0. The molecule has 2 aromatic rings. The maximum Gasteiger partial charge on any atom is 0.312 e. The molecule has 4 nitrogen and oxygen atoms in total. The van der Waals surface area contributed by atoms with Crippen LogP contribution in [0.5, 0.6) is 11.5 Å². The molecule has 2 amide bonds. The summed E-state index contributed by atoms with van der Waals surface area (Å²) in [4.78, 5) is 10.8. The van der Waals surface area contributed by atoms with Crippen molar-refractivity contribution in [2.45, 2.75) is 24.8 Å². The number of nitrogens with two attached hydrogens (primary N) is 1. The molecule has 0 unspecified atom stereocenters. The summed E-state index contributed by atoms with van der Waals surface area (Å²) < 4.78 is 5.84. The molecule has 21 heavy (non-hydrogen) atoms. The summed E-state index contributed by atoms with van der Waals surface area (Å²) in [6.07, 6.45) is 1.86. The maximum absolute atomic E-state index is 10.8. The Balaban J connectivity index is 1.63. The molecule has 2 aromatic carbocycles. The van der Waals surface area contributed by atoms with Crippen LogP contribution < -0.4 is 15.8 Å². The summed E-state index contributed by atoms with van der Waals surface area (Å²) in [5.74, 6) is 2.13. The van der Waals surface area contributed by atoms with Gasteiger partial charge in [-0.1, -0.05) is 30.3 Å². The lowest BCUT2D eigenvalue weighted by Crippen LogP contribution is -2.45. The van der Waals surface area contributed by atoms with Crippen LogP contribution in [0.25, 0.3) is 0 Å². The monoisotopic (exact) mass is 282 g/mol. The molecule has 0 aromatic heterocycles. The Morgan fingerprint density at radius 3 is 2.48 bits per heavy atom. The molecular weight excluding hydrogens is 264 g/mol. The highest BCUT2D eigenvalue weighted by Crippen LogP contribution is 2.38. The molecule has 1 aliphatic carbocycles. The molecule has 4 heteroatoms. The number of rotatable bonds is 4. The van der Waals surface area contributed by atoms with Crippen LogP contribution in [-0.2, 0) is 0 Å². The molecule has 0 heterocycles. The van der Waals surface area contributed by atoms with E-state index in [1.54, 1.807) is 0 Å². The summed E-state index contributed by atoms with van der Waals surface area (Å²) in [6, 6.07) is 17.6. The van der Waals surface area contributed by atoms with E-state index in [9.17, 15) is 4.79 Å². The van der Waals surface area contributed by atoms with Crippen LogP contribution in [0, 0.1) is 0 Å². The first-order valence-electron chi connectivity index (χ1n) is 7.09. The smallest absolute Gasteiger partial charge is 0.312 e. The molecule has 1 saturated carbocycles. The standard InChI is InChI=1S/C17H18N2O2/c18-17(20)19-14-9-13(10-14)12-5-4-8-16(11-12)21-15-6-2-1-3-7-15/h1-8,11,13-14H,9-10H2,(H3,18,19,20). The Labute approximate surface area is 123 Å². The molecule has 0 saturated heterocycles. The fourth-order valence-corrected chi connectivity index (χ4v) is 2.67. The van der Waals surface area contributed by atoms with E-state index in [2.05, 4.69) is 17.4 Å². The fourth-order valence-electron chi connectivity index (χ4n) is 2.67. The van der Waals surface area contributed by atoms with E-state index < -0.39 is 6.03 Å². The van der Waals surface area contributed by atoms with Crippen molar-refractivity contribution < 1.29 is 9.53 Å². The van der Waals surface area contributed by atoms with E-state index in [1.807, 2.05) is 42.5 Å². The van der Waals surface area contributed by atoms with Crippen LogP contribution >= 0.6 is 0 Å². The molecule has 0 spiro atoms. The van der Waals surface area contributed by atoms with Gasteiger partial charge in [0.1, 0.15) is 11.5 Å². The van der Waals surface area contributed by atoms with Crippen LogP contribution in [0.1, 0.15) is 24.3 Å². The number of para-hydroxylation sites is 1. The van der Waals surface area contributed by atoms with E-state index in [0.29, 0.717) is 5.92 Å². The van der Waals surface area contributed by atoms with Crippen molar-refractivity contribution in [3.63, 3.8) is 0 Å². The lowest BCUT2D eigenvalue weighted by atomic mass is 9.76. The Bertz CT molecular complexity index is 622. The average Bonchev–Trinajstić information content (AvgIpc) is 2.43. The van der Waals surface area contributed by atoms with Gasteiger partial charge >= 0.3 is 6.03 Å². The lowest BCUT2D eigenvalue weighted by Gasteiger charge is -2.35. The normalized spacial score (nSPS) is 20.4. The molecule has 3 N–H and O–H groups in total.